The molecule has 1 heterocycles. The topological polar surface area (TPSA) is 55.5 Å². The van der Waals surface area contributed by atoms with E-state index < -0.39 is 5.60 Å². The van der Waals surface area contributed by atoms with Gasteiger partial charge in [-0.15, -0.1) is 0 Å². The van der Waals surface area contributed by atoms with Crippen LogP contribution in [0.15, 0.2) is 48.5 Å². The second-order valence-corrected chi connectivity index (χ2v) is 5.26. The van der Waals surface area contributed by atoms with Gasteiger partial charge in [0, 0.05) is 12.1 Å². The molecule has 0 aromatic heterocycles. The van der Waals surface area contributed by atoms with Gasteiger partial charge in [-0.25, -0.2) is 0 Å². The van der Waals surface area contributed by atoms with Crippen LogP contribution in [0.2, 0.25) is 0 Å². The van der Waals surface area contributed by atoms with Crippen LogP contribution >= 0.6 is 0 Å². The van der Waals surface area contributed by atoms with Crippen molar-refractivity contribution in [3.63, 3.8) is 0 Å². The first-order valence-corrected chi connectivity index (χ1v) is 6.98. The smallest absolute Gasteiger partial charge is 0.125 e. The minimum atomic E-state index is -0.989. The quantitative estimate of drug-likeness (QED) is 0.881. The molecule has 0 amide bonds. The Balaban J connectivity index is 2.10. The molecule has 3 nitrogen and oxygen atoms in total. The number of rotatable bonds is 2. The molecule has 0 saturated heterocycles. The van der Waals surface area contributed by atoms with Crippen LogP contribution < -0.4 is 10.5 Å². The monoisotopic (exact) mass is 269 g/mol. The second-order valence-electron chi connectivity index (χ2n) is 5.26. The summed E-state index contributed by atoms with van der Waals surface area (Å²) in [5, 5.41) is 10.8. The van der Waals surface area contributed by atoms with Gasteiger partial charge < -0.3 is 15.6 Å². The highest BCUT2D eigenvalue weighted by Crippen LogP contribution is 2.38. The summed E-state index contributed by atoms with van der Waals surface area (Å²) in [6.45, 7) is 0.835. The Morgan fingerprint density at radius 1 is 1.10 bits per heavy atom. The van der Waals surface area contributed by atoms with E-state index in [2.05, 4.69) is 12.1 Å². The summed E-state index contributed by atoms with van der Waals surface area (Å²) >= 11 is 0. The molecule has 1 aliphatic heterocycles. The van der Waals surface area contributed by atoms with E-state index >= 15 is 0 Å². The van der Waals surface area contributed by atoms with Crippen molar-refractivity contribution >= 4 is 0 Å². The third kappa shape index (κ3) is 2.30. The Bertz CT molecular complexity index is 597. The number of hydrogen-bond acceptors (Lipinski definition) is 3. The van der Waals surface area contributed by atoms with Crippen LogP contribution in [-0.4, -0.2) is 18.3 Å². The third-order valence-corrected chi connectivity index (χ3v) is 3.92. The van der Waals surface area contributed by atoms with Crippen LogP contribution in [0.3, 0.4) is 0 Å². The summed E-state index contributed by atoms with van der Waals surface area (Å²) in [6.07, 6.45) is 1.44. The molecule has 0 bridgehead atoms. The summed E-state index contributed by atoms with van der Waals surface area (Å²) in [7, 11) is 0. The highest BCUT2D eigenvalue weighted by Gasteiger charge is 2.32. The summed E-state index contributed by atoms with van der Waals surface area (Å²) in [4.78, 5) is 0. The molecule has 0 fully saturated rings. The Kier molecular flexibility index (Phi) is 3.47. The number of nitrogens with two attached hydrogens (primary N) is 1. The SMILES string of the molecule is NCC1(O)CCCOc2ccc(-c3ccccc3)cc21. The standard InChI is InChI=1S/C17H19NO2/c18-12-17(19)9-4-10-20-16-8-7-14(11-15(16)17)13-5-2-1-3-6-13/h1-3,5-8,11,19H,4,9-10,12,18H2. The zero-order chi connectivity index (χ0) is 14.0. The highest BCUT2D eigenvalue weighted by atomic mass is 16.5. The van der Waals surface area contributed by atoms with Crippen molar-refractivity contribution in [3.8, 4) is 16.9 Å². The Labute approximate surface area is 119 Å². The van der Waals surface area contributed by atoms with Gasteiger partial charge in [0.2, 0.25) is 0 Å². The zero-order valence-electron chi connectivity index (χ0n) is 11.4. The van der Waals surface area contributed by atoms with Crippen LogP contribution in [-0.2, 0) is 5.60 Å². The van der Waals surface area contributed by atoms with Gasteiger partial charge in [0.1, 0.15) is 11.4 Å². The maximum atomic E-state index is 10.8. The lowest BCUT2D eigenvalue weighted by atomic mass is 9.87. The number of benzene rings is 2. The number of fused-ring (bicyclic) bond motifs is 1. The van der Waals surface area contributed by atoms with Crippen molar-refractivity contribution in [1.82, 2.24) is 0 Å². The molecule has 0 saturated carbocycles. The first-order chi connectivity index (χ1) is 9.73. The van der Waals surface area contributed by atoms with Crippen molar-refractivity contribution in [3.05, 3.63) is 54.1 Å². The highest BCUT2D eigenvalue weighted by molar-refractivity contribution is 5.66. The Hall–Kier alpha value is -1.84. The Morgan fingerprint density at radius 3 is 2.65 bits per heavy atom. The predicted molar refractivity (Wildman–Crippen MR) is 79.6 cm³/mol. The molecule has 2 aromatic rings. The molecule has 3 rings (SSSR count). The van der Waals surface area contributed by atoms with E-state index in [-0.39, 0.29) is 6.54 Å². The molecule has 2 aromatic carbocycles. The predicted octanol–water partition coefficient (Wildman–Crippen LogP) is 2.67. The lowest BCUT2D eigenvalue weighted by Crippen LogP contribution is -2.34. The van der Waals surface area contributed by atoms with E-state index in [1.807, 2.05) is 36.4 Å². The van der Waals surface area contributed by atoms with Crippen molar-refractivity contribution in [2.45, 2.75) is 18.4 Å². The van der Waals surface area contributed by atoms with E-state index in [1.54, 1.807) is 0 Å². The number of aliphatic hydroxyl groups is 1. The van der Waals surface area contributed by atoms with Crippen LogP contribution in [0.1, 0.15) is 18.4 Å². The normalized spacial score (nSPS) is 21.7. The molecular weight excluding hydrogens is 250 g/mol. The molecule has 3 heteroatoms. The molecule has 1 aliphatic rings. The van der Waals surface area contributed by atoms with Crippen molar-refractivity contribution in [2.24, 2.45) is 5.73 Å². The summed E-state index contributed by atoms with van der Waals surface area (Å²) < 4.78 is 5.72. The lowest BCUT2D eigenvalue weighted by molar-refractivity contribution is 0.0375. The van der Waals surface area contributed by atoms with Crippen LogP contribution in [0.4, 0.5) is 0 Å². The van der Waals surface area contributed by atoms with Gasteiger partial charge in [-0.05, 0) is 36.1 Å². The number of hydrogen-bond donors (Lipinski definition) is 2. The van der Waals surface area contributed by atoms with E-state index in [9.17, 15) is 5.11 Å². The zero-order valence-corrected chi connectivity index (χ0v) is 11.4. The van der Waals surface area contributed by atoms with E-state index in [0.29, 0.717) is 13.0 Å². The van der Waals surface area contributed by atoms with Gasteiger partial charge in [0.05, 0.1) is 6.61 Å². The van der Waals surface area contributed by atoms with Gasteiger partial charge in [-0.2, -0.15) is 0 Å². The minimum Gasteiger partial charge on any atom is -0.493 e. The molecule has 1 atom stereocenters. The summed E-state index contributed by atoms with van der Waals surface area (Å²) in [6, 6.07) is 16.1. The molecule has 0 radical (unpaired) electrons. The molecular formula is C17H19NO2. The third-order valence-electron chi connectivity index (χ3n) is 3.92. The van der Waals surface area contributed by atoms with E-state index in [1.165, 1.54) is 0 Å². The van der Waals surface area contributed by atoms with E-state index in [4.69, 9.17) is 10.5 Å². The first-order valence-electron chi connectivity index (χ1n) is 6.98. The van der Waals surface area contributed by atoms with Crippen LogP contribution in [0.5, 0.6) is 5.75 Å². The minimum absolute atomic E-state index is 0.210. The maximum Gasteiger partial charge on any atom is 0.125 e. The average Bonchev–Trinajstić information content (AvgIpc) is 2.68. The molecule has 1 unspecified atom stereocenters. The molecule has 0 aliphatic carbocycles. The number of ether oxygens (including phenoxy) is 1. The van der Waals surface area contributed by atoms with Crippen molar-refractivity contribution in [2.75, 3.05) is 13.2 Å². The van der Waals surface area contributed by atoms with Gasteiger partial charge in [-0.1, -0.05) is 36.4 Å². The average molecular weight is 269 g/mol. The summed E-state index contributed by atoms with van der Waals surface area (Å²) in [5.74, 6) is 0.745. The molecule has 0 spiro atoms. The van der Waals surface area contributed by atoms with Gasteiger partial charge in [0.25, 0.3) is 0 Å². The fourth-order valence-electron chi connectivity index (χ4n) is 2.72. The fourth-order valence-corrected chi connectivity index (χ4v) is 2.72. The van der Waals surface area contributed by atoms with Crippen molar-refractivity contribution in [1.29, 1.82) is 0 Å². The van der Waals surface area contributed by atoms with Gasteiger partial charge in [0.15, 0.2) is 0 Å². The fraction of sp³-hybridized carbons (Fsp3) is 0.294. The Morgan fingerprint density at radius 2 is 1.90 bits per heavy atom. The largest absolute Gasteiger partial charge is 0.493 e. The molecule has 104 valence electrons. The van der Waals surface area contributed by atoms with Crippen molar-refractivity contribution < 1.29 is 9.84 Å². The summed E-state index contributed by atoms with van der Waals surface area (Å²) in [5.41, 5.74) is 7.82. The van der Waals surface area contributed by atoms with Gasteiger partial charge >= 0.3 is 0 Å². The first kappa shape index (κ1) is 13.2. The van der Waals surface area contributed by atoms with Crippen LogP contribution in [0.25, 0.3) is 11.1 Å². The second kappa shape index (κ2) is 5.27. The lowest BCUT2D eigenvalue weighted by Gasteiger charge is -2.26. The molecule has 3 N–H and O–H groups in total. The van der Waals surface area contributed by atoms with Gasteiger partial charge in [-0.3, -0.25) is 0 Å². The molecule has 20 heavy (non-hydrogen) atoms. The van der Waals surface area contributed by atoms with Crippen LogP contribution in [0, 0.1) is 0 Å². The van der Waals surface area contributed by atoms with E-state index in [0.717, 1.165) is 28.9 Å². The maximum absolute atomic E-state index is 10.8.